The molecule has 8 atom stereocenters. The molecule has 0 heterocycles. The van der Waals surface area contributed by atoms with Gasteiger partial charge in [0.05, 0.1) is 6.10 Å². The first-order chi connectivity index (χ1) is 17.5. The zero-order valence-electron chi connectivity index (χ0n) is 22.7. The summed E-state index contributed by atoms with van der Waals surface area (Å²) in [5.74, 6) is -3.61. The van der Waals surface area contributed by atoms with Gasteiger partial charge in [-0.05, 0) is 56.6 Å². The first-order valence-electron chi connectivity index (χ1n) is 13.1. The summed E-state index contributed by atoms with van der Waals surface area (Å²) in [6.07, 6.45) is 4.88. The number of carboxylic acids is 2. The van der Waals surface area contributed by atoms with Crippen molar-refractivity contribution in [3.05, 3.63) is 23.8 Å². The van der Waals surface area contributed by atoms with Crippen LogP contribution in [0.3, 0.4) is 0 Å². The Morgan fingerprint density at radius 3 is 2.05 bits per heavy atom. The summed E-state index contributed by atoms with van der Waals surface area (Å²) < 4.78 is 16.9. The molecule has 0 aliphatic heterocycles. The summed E-state index contributed by atoms with van der Waals surface area (Å²) in [7, 11) is 0. The van der Waals surface area contributed by atoms with Crippen molar-refractivity contribution in [2.75, 3.05) is 6.61 Å². The number of hydrogen-bond acceptors (Lipinski definition) is 7. The molecule has 0 saturated heterocycles. The second-order valence-corrected chi connectivity index (χ2v) is 11.2. The summed E-state index contributed by atoms with van der Waals surface area (Å²) in [5.41, 5.74) is -5.17. The van der Waals surface area contributed by atoms with Crippen LogP contribution in [-0.4, -0.2) is 103 Å². The van der Waals surface area contributed by atoms with E-state index in [1.165, 1.54) is 12.2 Å². The van der Waals surface area contributed by atoms with Gasteiger partial charge in [0.15, 0.2) is 17.2 Å². The summed E-state index contributed by atoms with van der Waals surface area (Å²) in [5, 5.41) is 47.4. The third-order valence-electron chi connectivity index (χ3n) is 9.40. The number of allylic oxidation sites excluding steroid dienone is 4. The SMILES string of the molecule is CCC(=O)O.CCC(=O)O.C[C@H]1C[C@H]2[C@@H]3CCC4=CC(=O)C=C[C@]4(C)[C@@]3(F)[C@@H](O)C[C@]2(C)[C@@]1(O)C(=O)CO.[NaH]. The van der Waals surface area contributed by atoms with Gasteiger partial charge in [0, 0.05) is 29.6 Å². The topological polar surface area (TPSA) is 169 Å². The van der Waals surface area contributed by atoms with E-state index in [9.17, 15) is 34.5 Å². The molecule has 4 rings (SSSR count). The molecule has 9 nitrogen and oxygen atoms in total. The fourth-order valence-corrected chi connectivity index (χ4v) is 7.26. The van der Waals surface area contributed by atoms with Crippen molar-refractivity contribution in [3.8, 4) is 0 Å². The van der Waals surface area contributed by atoms with E-state index in [0.29, 0.717) is 24.8 Å². The molecule has 0 aromatic carbocycles. The van der Waals surface area contributed by atoms with Crippen molar-refractivity contribution in [3.63, 3.8) is 0 Å². The van der Waals surface area contributed by atoms with E-state index in [1.54, 1.807) is 40.7 Å². The van der Waals surface area contributed by atoms with Crippen LogP contribution in [0.25, 0.3) is 0 Å². The number of hydrogen-bond donors (Lipinski definition) is 5. The van der Waals surface area contributed by atoms with Crippen LogP contribution >= 0.6 is 0 Å². The summed E-state index contributed by atoms with van der Waals surface area (Å²) in [6, 6.07) is 0. The number of aliphatic carboxylic acids is 2. The number of carboxylic acid groups (broad SMARTS) is 2. The molecule has 3 saturated carbocycles. The van der Waals surface area contributed by atoms with Gasteiger partial charge in [-0.3, -0.25) is 19.2 Å². The standard InChI is InChI=1S/C22H29FO5.2C3H6O2.Na.H/c1-12-8-16-15-5-4-13-9-14(25)6-7-19(13,2)21(15,23)17(26)10-20(16,3)22(12,28)18(27)11-24;2*1-2-3(4)5;;/h6-7,9,12,15-17,24,26,28H,4-5,8,10-11H2,1-3H3;2*2H2,1H3,(H,4,5);;/t12-,15-,16-,17-,19-,20-,21-,22-;;;;/m0..../s1. The second kappa shape index (κ2) is 13.0. The fraction of sp³-hybridized carbons (Fsp3) is 0.714. The number of carbonyl (C=O) groups excluding carboxylic acids is 2. The first kappa shape index (κ1) is 35.6. The Morgan fingerprint density at radius 1 is 1.08 bits per heavy atom. The fourth-order valence-electron chi connectivity index (χ4n) is 7.26. The van der Waals surface area contributed by atoms with Gasteiger partial charge < -0.3 is 25.5 Å². The van der Waals surface area contributed by atoms with Crippen LogP contribution in [0.1, 0.15) is 73.1 Å². The number of alkyl halides is 1. The van der Waals surface area contributed by atoms with Gasteiger partial charge in [-0.15, -0.1) is 0 Å². The molecular formula is C28H42FNaO9. The van der Waals surface area contributed by atoms with Gasteiger partial charge >= 0.3 is 41.5 Å². The number of rotatable bonds is 4. The first-order valence-corrected chi connectivity index (χ1v) is 13.1. The Hall–Kier alpha value is -1.43. The van der Waals surface area contributed by atoms with Crippen LogP contribution in [-0.2, 0) is 19.2 Å². The van der Waals surface area contributed by atoms with Gasteiger partial charge in [-0.25, -0.2) is 4.39 Å². The minimum absolute atomic E-state index is 0. The van der Waals surface area contributed by atoms with Gasteiger partial charge in [-0.2, -0.15) is 0 Å². The van der Waals surface area contributed by atoms with Crippen molar-refractivity contribution >= 4 is 53.1 Å². The Bertz CT molecular complexity index is 1010. The molecular weight excluding hydrogens is 522 g/mol. The molecule has 0 spiro atoms. The van der Waals surface area contributed by atoms with Crippen LogP contribution in [0.4, 0.5) is 4.39 Å². The molecule has 216 valence electrons. The summed E-state index contributed by atoms with van der Waals surface area (Å²) >= 11 is 0. The predicted octanol–water partition coefficient (Wildman–Crippen LogP) is 2.21. The van der Waals surface area contributed by atoms with Crippen LogP contribution in [0.5, 0.6) is 0 Å². The Balaban J connectivity index is 0.000000595. The molecule has 0 unspecified atom stereocenters. The Morgan fingerprint density at radius 2 is 1.59 bits per heavy atom. The van der Waals surface area contributed by atoms with Crippen LogP contribution in [0.2, 0.25) is 0 Å². The Kier molecular flexibility index (Phi) is 11.9. The van der Waals surface area contributed by atoms with E-state index in [4.69, 9.17) is 10.2 Å². The molecule has 0 amide bonds. The molecule has 0 aromatic heterocycles. The van der Waals surface area contributed by atoms with Crippen molar-refractivity contribution in [1.82, 2.24) is 0 Å². The van der Waals surface area contributed by atoms with E-state index < -0.39 is 64.4 Å². The zero-order chi connectivity index (χ0) is 29.3. The maximum atomic E-state index is 16.9. The van der Waals surface area contributed by atoms with E-state index in [0.717, 1.165) is 0 Å². The van der Waals surface area contributed by atoms with Crippen LogP contribution in [0, 0.1) is 28.6 Å². The van der Waals surface area contributed by atoms with Crippen molar-refractivity contribution < 1.29 is 49.1 Å². The molecule has 3 fully saturated rings. The molecule has 4 aliphatic rings. The number of ketones is 2. The molecule has 11 heteroatoms. The van der Waals surface area contributed by atoms with Gasteiger partial charge in [0.1, 0.15) is 12.2 Å². The maximum absolute atomic E-state index is 16.9. The molecule has 4 aliphatic carbocycles. The van der Waals surface area contributed by atoms with Crippen LogP contribution < -0.4 is 0 Å². The van der Waals surface area contributed by atoms with E-state index in [1.807, 2.05) is 0 Å². The number of fused-ring (bicyclic) bond motifs is 5. The monoisotopic (exact) mass is 564 g/mol. The Labute approximate surface area is 250 Å². The van der Waals surface area contributed by atoms with E-state index >= 15 is 4.39 Å². The predicted molar refractivity (Wildman–Crippen MR) is 143 cm³/mol. The van der Waals surface area contributed by atoms with Crippen molar-refractivity contribution in [2.45, 2.75) is 90.5 Å². The number of aliphatic hydroxyl groups is 3. The summed E-state index contributed by atoms with van der Waals surface area (Å²) in [6.45, 7) is 7.68. The van der Waals surface area contributed by atoms with Gasteiger partial charge in [0.25, 0.3) is 0 Å². The van der Waals surface area contributed by atoms with Crippen LogP contribution in [0.15, 0.2) is 23.8 Å². The number of aliphatic hydroxyl groups excluding tert-OH is 2. The van der Waals surface area contributed by atoms with Crippen molar-refractivity contribution in [2.24, 2.45) is 28.6 Å². The number of carbonyl (C=O) groups is 4. The number of Topliss-reactive ketones (excluding diaryl/α,β-unsaturated/α-hetero) is 1. The second-order valence-electron chi connectivity index (χ2n) is 11.2. The number of halogens is 1. The molecule has 39 heavy (non-hydrogen) atoms. The molecule has 0 radical (unpaired) electrons. The van der Waals surface area contributed by atoms with Gasteiger partial charge in [0.2, 0.25) is 0 Å². The molecule has 0 aromatic rings. The van der Waals surface area contributed by atoms with Crippen molar-refractivity contribution in [1.29, 1.82) is 0 Å². The normalized spacial score (nSPS) is 39.6. The molecule has 0 bridgehead atoms. The quantitative estimate of drug-likeness (QED) is 0.321. The van der Waals surface area contributed by atoms with Gasteiger partial charge in [-0.1, -0.05) is 39.3 Å². The average Bonchev–Trinajstić information content (AvgIpc) is 3.06. The summed E-state index contributed by atoms with van der Waals surface area (Å²) in [4.78, 5) is 43.1. The third-order valence-corrected chi connectivity index (χ3v) is 9.40. The van der Waals surface area contributed by atoms with E-state index in [2.05, 4.69) is 0 Å². The van der Waals surface area contributed by atoms with E-state index in [-0.39, 0.29) is 60.5 Å². The average molecular weight is 565 g/mol. The minimum atomic E-state index is -1.98. The molecule has 5 N–H and O–H groups in total. The third kappa shape index (κ3) is 5.83. The zero-order valence-corrected chi connectivity index (χ0v) is 22.7.